The molecule has 152 valence electrons. The van der Waals surface area contributed by atoms with Crippen molar-refractivity contribution in [2.45, 2.75) is 6.42 Å². The van der Waals surface area contributed by atoms with Crippen molar-refractivity contribution in [3.63, 3.8) is 0 Å². The maximum Gasteiger partial charge on any atom is 0.313 e. The number of aromatic nitrogens is 3. The molecule has 2 heterocycles. The number of para-hydroxylation sites is 1. The Bertz CT molecular complexity index is 1240. The van der Waals surface area contributed by atoms with Crippen LogP contribution in [0.15, 0.2) is 53.9 Å². The molecule has 2 amide bonds. The first-order valence-corrected chi connectivity index (χ1v) is 9.82. The van der Waals surface area contributed by atoms with E-state index in [1.54, 1.807) is 22.7 Å². The van der Waals surface area contributed by atoms with Crippen LogP contribution < -0.4 is 10.6 Å². The van der Waals surface area contributed by atoms with Gasteiger partial charge < -0.3 is 10.6 Å². The van der Waals surface area contributed by atoms with Crippen LogP contribution in [-0.2, 0) is 16.0 Å². The lowest BCUT2D eigenvalue weighted by atomic mass is 10.2. The Hall–Kier alpha value is -3.66. The van der Waals surface area contributed by atoms with Gasteiger partial charge in [0.25, 0.3) is 0 Å². The zero-order valence-corrected chi connectivity index (χ0v) is 16.2. The summed E-state index contributed by atoms with van der Waals surface area (Å²) in [6.07, 6.45) is 0.394. The number of fused-ring (bicyclic) bond motifs is 1. The maximum absolute atomic E-state index is 13.6. The smallest absolute Gasteiger partial charge is 0.313 e. The molecule has 0 saturated heterocycles. The first-order valence-electron chi connectivity index (χ1n) is 8.94. The predicted octanol–water partition coefficient (Wildman–Crippen LogP) is 3.03. The van der Waals surface area contributed by atoms with Crippen LogP contribution in [-0.4, -0.2) is 33.0 Å². The van der Waals surface area contributed by atoms with Gasteiger partial charge in [0.1, 0.15) is 11.6 Å². The van der Waals surface area contributed by atoms with Gasteiger partial charge in [0.15, 0.2) is 5.82 Å². The standard InChI is InChI=1S/C20H15F2N5O2S/c21-13-5-3-4-12(10-13)17-25-20-27(26-17)14(11-30-20)8-9-23-18(28)19(29)24-16-7-2-1-6-15(16)22/h1-7,10-11H,8-9H2,(H,23,28)(H,24,29). The minimum atomic E-state index is -0.954. The second-order valence-corrected chi connectivity index (χ2v) is 7.14. The first kappa shape index (κ1) is 19.6. The zero-order chi connectivity index (χ0) is 21.1. The van der Waals surface area contributed by atoms with E-state index in [1.165, 1.54) is 41.7 Å². The number of carbonyl (C=O) groups is 2. The summed E-state index contributed by atoms with van der Waals surface area (Å²) in [7, 11) is 0. The molecule has 10 heteroatoms. The largest absolute Gasteiger partial charge is 0.347 e. The van der Waals surface area contributed by atoms with Crippen LogP contribution in [0.5, 0.6) is 0 Å². The lowest BCUT2D eigenvalue weighted by Gasteiger charge is -2.07. The molecule has 2 aromatic carbocycles. The molecule has 0 unspecified atom stereocenters. The van der Waals surface area contributed by atoms with Gasteiger partial charge in [-0.25, -0.2) is 13.3 Å². The Labute approximate surface area is 173 Å². The van der Waals surface area contributed by atoms with Crippen LogP contribution in [0.3, 0.4) is 0 Å². The van der Waals surface area contributed by atoms with Crippen LogP contribution in [0.2, 0.25) is 0 Å². The fraction of sp³-hybridized carbons (Fsp3) is 0.100. The van der Waals surface area contributed by atoms with E-state index >= 15 is 0 Å². The van der Waals surface area contributed by atoms with Gasteiger partial charge in [-0.3, -0.25) is 9.59 Å². The third-order valence-electron chi connectivity index (χ3n) is 4.23. The fourth-order valence-electron chi connectivity index (χ4n) is 2.77. The number of carbonyl (C=O) groups excluding carboxylic acids is 2. The van der Waals surface area contributed by atoms with Gasteiger partial charge in [0.2, 0.25) is 4.96 Å². The summed E-state index contributed by atoms with van der Waals surface area (Å²) in [5, 5.41) is 11.0. The topological polar surface area (TPSA) is 88.4 Å². The Morgan fingerprint density at radius 2 is 1.90 bits per heavy atom. The number of hydrogen-bond acceptors (Lipinski definition) is 5. The van der Waals surface area contributed by atoms with Crippen molar-refractivity contribution in [2.75, 3.05) is 11.9 Å². The number of rotatable bonds is 5. The number of nitrogens with zero attached hydrogens (tertiary/aromatic N) is 3. The lowest BCUT2D eigenvalue weighted by Crippen LogP contribution is -2.36. The third kappa shape index (κ3) is 4.18. The molecule has 30 heavy (non-hydrogen) atoms. The molecule has 2 N–H and O–H groups in total. The molecule has 0 spiro atoms. The number of hydrogen-bond donors (Lipinski definition) is 2. The van der Waals surface area contributed by atoms with Crippen LogP contribution >= 0.6 is 11.3 Å². The molecule has 0 atom stereocenters. The van der Waals surface area contributed by atoms with E-state index in [2.05, 4.69) is 20.7 Å². The van der Waals surface area contributed by atoms with E-state index in [0.29, 0.717) is 22.8 Å². The fourth-order valence-corrected chi connectivity index (χ4v) is 3.63. The van der Waals surface area contributed by atoms with Crippen molar-refractivity contribution >= 4 is 33.8 Å². The van der Waals surface area contributed by atoms with Gasteiger partial charge in [-0.05, 0) is 24.3 Å². The Kier molecular flexibility index (Phi) is 5.48. The van der Waals surface area contributed by atoms with Crippen LogP contribution in [0, 0.1) is 11.6 Å². The Morgan fingerprint density at radius 3 is 2.70 bits per heavy atom. The third-order valence-corrected chi connectivity index (χ3v) is 5.09. The average Bonchev–Trinajstić information content (AvgIpc) is 3.31. The molecular formula is C20H15F2N5O2S. The highest BCUT2D eigenvalue weighted by Crippen LogP contribution is 2.21. The molecule has 0 saturated carbocycles. The van der Waals surface area contributed by atoms with E-state index in [-0.39, 0.29) is 18.0 Å². The summed E-state index contributed by atoms with van der Waals surface area (Å²) < 4.78 is 28.6. The molecule has 7 nitrogen and oxygen atoms in total. The number of nitrogens with one attached hydrogen (secondary N) is 2. The highest BCUT2D eigenvalue weighted by atomic mass is 32.1. The minimum absolute atomic E-state index is 0.0651. The maximum atomic E-state index is 13.6. The molecule has 4 rings (SSSR count). The van der Waals surface area contributed by atoms with Crippen molar-refractivity contribution in [3.05, 3.63) is 71.2 Å². The van der Waals surface area contributed by atoms with E-state index < -0.39 is 17.6 Å². The Morgan fingerprint density at radius 1 is 1.07 bits per heavy atom. The monoisotopic (exact) mass is 427 g/mol. The summed E-state index contributed by atoms with van der Waals surface area (Å²) >= 11 is 1.36. The molecule has 0 aliphatic heterocycles. The highest BCUT2D eigenvalue weighted by molar-refractivity contribution is 7.15. The van der Waals surface area contributed by atoms with Crippen molar-refractivity contribution in [2.24, 2.45) is 0 Å². The molecule has 2 aromatic heterocycles. The van der Waals surface area contributed by atoms with Crippen LogP contribution in [0.4, 0.5) is 14.5 Å². The van der Waals surface area contributed by atoms with Crippen molar-refractivity contribution in [3.8, 4) is 11.4 Å². The summed E-state index contributed by atoms with van der Waals surface area (Å²) in [5.41, 5.74) is 1.28. The van der Waals surface area contributed by atoms with E-state index in [1.807, 2.05) is 5.38 Å². The molecule has 4 aromatic rings. The highest BCUT2D eigenvalue weighted by Gasteiger charge is 2.16. The zero-order valence-electron chi connectivity index (χ0n) is 15.4. The Balaban J connectivity index is 1.37. The number of amides is 2. The van der Waals surface area contributed by atoms with Gasteiger partial charge in [0, 0.05) is 23.9 Å². The van der Waals surface area contributed by atoms with Crippen molar-refractivity contribution < 1.29 is 18.4 Å². The quantitative estimate of drug-likeness (QED) is 0.479. The number of benzene rings is 2. The number of thiazole rings is 1. The normalized spacial score (nSPS) is 10.9. The molecule has 0 radical (unpaired) electrons. The van der Waals surface area contributed by atoms with Gasteiger partial charge in [-0.15, -0.1) is 16.4 Å². The summed E-state index contributed by atoms with van der Waals surface area (Å²) in [5.74, 6) is -2.42. The van der Waals surface area contributed by atoms with Gasteiger partial charge >= 0.3 is 11.8 Å². The second kappa shape index (κ2) is 8.37. The van der Waals surface area contributed by atoms with Gasteiger partial charge in [-0.1, -0.05) is 24.3 Å². The molecule has 0 bridgehead atoms. The number of halogens is 2. The SMILES string of the molecule is O=C(NCCc1csc2nc(-c3cccc(F)c3)nn12)C(=O)Nc1ccccc1F. The first-order chi connectivity index (χ1) is 14.5. The van der Waals surface area contributed by atoms with Gasteiger partial charge in [-0.2, -0.15) is 4.98 Å². The van der Waals surface area contributed by atoms with Gasteiger partial charge in [0.05, 0.1) is 11.4 Å². The van der Waals surface area contributed by atoms with E-state index in [4.69, 9.17) is 0 Å². The van der Waals surface area contributed by atoms with E-state index in [9.17, 15) is 18.4 Å². The van der Waals surface area contributed by atoms with Crippen LogP contribution in [0.25, 0.3) is 16.3 Å². The van der Waals surface area contributed by atoms with Crippen molar-refractivity contribution in [1.29, 1.82) is 0 Å². The molecular weight excluding hydrogens is 412 g/mol. The lowest BCUT2D eigenvalue weighted by molar-refractivity contribution is -0.136. The minimum Gasteiger partial charge on any atom is -0.347 e. The summed E-state index contributed by atoms with van der Waals surface area (Å²) in [6.45, 7) is 0.171. The predicted molar refractivity (Wildman–Crippen MR) is 108 cm³/mol. The number of anilines is 1. The average molecular weight is 427 g/mol. The second-order valence-electron chi connectivity index (χ2n) is 6.31. The van der Waals surface area contributed by atoms with E-state index in [0.717, 1.165) is 5.69 Å². The van der Waals surface area contributed by atoms with Crippen molar-refractivity contribution in [1.82, 2.24) is 19.9 Å². The summed E-state index contributed by atoms with van der Waals surface area (Å²) in [4.78, 5) is 28.9. The summed E-state index contributed by atoms with van der Waals surface area (Å²) in [6, 6.07) is 11.6. The molecule has 0 aliphatic rings. The van der Waals surface area contributed by atoms with Crippen LogP contribution in [0.1, 0.15) is 5.69 Å². The molecule has 0 fully saturated rings. The molecule has 0 aliphatic carbocycles.